The van der Waals surface area contributed by atoms with E-state index in [1.807, 2.05) is 0 Å². The maximum absolute atomic E-state index is 12.5. The topological polar surface area (TPSA) is 110 Å². The van der Waals surface area contributed by atoms with Crippen LogP contribution in [0.1, 0.15) is 24.0 Å². The summed E-state index contributed by atoms with van der Waals surface area (Å²) in [6.45, 7) is 0. The van der Waals surface area contributed by atoms with Crippen LogP contribution in [-0.2, 0) is 22.9 Å². The summed E-state index contributed by atoms with van der Waals surface area (Å²) in [5.74, 6) is -0.373. The van der Waals surface area contributed by atoms with E-state index < -0.39 is 14.9 Å². The molecule has 0 bridgehead atoms. The molecule has 1 aliphatic carbocycles. The first-order valence-corrected chi connectivity index (χ1v) is 8.97. The molecule has 0 fully saturated rings. The lowest BCUT2D eigenvalue weighted by atomic mass is 9.92. The number of phenolic OH excluding ortho intramolecular Hbond substituents is 1. The Morgan fingerprint density at radius 3 is 2.46 bits per heavy atom. The largest absolute Gasteiger partial charge is 0.506 e. The Morgan fingerprint density at radius 1 is 1.04 bits per heavy atom. The number of benzene rings is 2. The van der Waals surface area contributed by atoms with Crippen molar-refractivity contribution in [3.8, 4) is 5.75 Å². The molecule has 0 atom stereocenters. The quantitative estimate of drug-likeness (QED) is 0.501. The fourth-order valence-electron chi connectivity index (χ4n) is 2.80. The maximum Gasteiger partial charge on any atom is 0.271 e. The van der Waals surface area contributed by atoms with Gasteiger partial charge in [0.25, 0.3) is 15.7 Å². The molecular weight excluding hydrogens is 332 g/mol. The molecular formula is C16H16N2O5S. The number of nitro groups is 1. The van der Waals surface area contributed by atoms with Crippen molar-refractivity contribution >= 4 is 21.4 Å². The molecule has 1 aliphatic rings. The van der Waals surface area contributed by atoms with Crippen LogP contribution < -0.4 is 4.72 Å². The molecule has 0 spiro atoms. The Morgan fingerprint density at radius 2 is 1.75 bits per heavy atom. The average molecular weight is 348 g/mol. The third-order valence-corrected chi connectivity index (χ3v) is 5.43. The van der Waals surface area contributed by atoms with E-state index in [-0.39, 0.29) is 22.0 Å². The standard InChI is InChI=1S/C16H16N2O5S/c19-16-8-6-13(18(20)21)10-15(16)17-24(22,23)14-7-5-11-3-1-2-4-12(11)9-14/h5-10,17,19H,1-4H2. The first-order chi connectivity index (χ1) is 11.4. The van der Waals surface area contributed by atoms with Gasteiger partial charge in [-0.1, -0.05) is 6.07 Å². The van der Waals surface area contributed by atoms with E-state index in [1.54, 1.807) is 12.1 Å². The van der Waals surface area contributed by atoms with Crippen LogP contribution >= 0.6 is 0 Å². The van der Waals surface area contributed by atoms with Gasteiger partial charge in [0.2, 0.25) is 0 Å². The Labute approximate surface area is 139 Å². The summed E-state index contributed by atoms with van der Waals surface area (Å²) in [5.41, 5.74) is 1.63. The molecule has 2 N–H and O–H groups in total. The fraction of sp³-hybridized carbons (Fsp3) is 0.250. The van der Waals surface area contributed by atoms with E-state index in [1.165, 1.54) is 6.07 Å². The smallest absolute Gasteiger partial charge is 0.271 e. The highest BCUT2D eigenvalue weighted by atomic mass is 32.2. The lowest BCUT2D eigenvalue weighted by Gasteiger charge is -2.17. The number of nitrogens with zero attached hydrogens (tertiary/aromatic N) is 1. The van der Waals surface area contributed by atoms with Crippen LogP contribution in [0.3, 0.4) is 0 Å². The third-order valence-electron chi connectivity index (χ3n) is 4.07. The van der Waals surface area contributed by atoms with Crippen molar-refractivity contribution in [2.24, 2.45) is 0 Å². The van der Waals surface area contributed by atoms with Crippen molar-refractivity contribution in [2.75, 3.05) is 4.72 Å². The minimum absolute atomic E-state index is 0.0778. The molecule has 126 valence electrons. The van der Waals surface area contributed by atoms with Crippen LogP contribution in [0.4, 0.5) is 11.4 Å². The van der Waals surface area contributed by atoms with Gasteiger partial charge in [0, 0.05) is 12.1 Å². The van der Waals surface area contributed by atoms with Crippen molar-refractivity contribution in [1.82, 2.24) is 0 Å². The number of rotatable bonds is 4. The fourth-order valence-corrected chi connectivity index (χ4v) is 3.92. The van der Waals surface area contributed by atoms with Gasteiger partial charge in [0.05, 0.1) is 15.5 Å². The van der Waals surface area contributed by atoms with E-state index in [2.05, 4.69) is 4.72 Å². The van der Waals surface area contributed by atoms with Crippen LogP contribution in [-0.4, -0.2) is 18.4 Å². The second-order valence-corrected chi connectivity index (χ2v) is 7.38. The molecule has 0 aliphatic heterocycles. The number of non-ortho nitro benzene ring substituents is 1. The second-order valence-electron chi connectivity index (χ2n) is 5.70. The van der Waals surface area contributed by atoms with Crippen molar-refractivity contribution in [3.63, 3.8) is 0 Å². The average Bonchev–Trinajstić information content (AvgIpc) is 2.56. The van der Waals surface area contributed by atoms with Gasteiger partial charge in [-0.3, -0.25) is 14.8 Å². The highest BCUT2D eigenvalue weighted by Crippen LogP contribution is 2.31. The number of phenols is 1. The lowest BCUT2D eigenvalue weighted by molar-refractivity contribution is -0.384. The summed E-state index contributed by atoms with van der Waals surface area (Å²) >= 11 is 0. The maximum atomic E-state index is 12.5. The number of nitrogens with one attached hydrogen (secondary N) is 1. The zero-order valence-corrected chi connectivity index (χ0v) is 13.5. The molecule has 0 aromatic heterocycles. The minimum Gasteiger partial charge on any atom is -0.506 e. The number of hydrogen-bond donors (Lipinski definition) is 2. The summed E-state index contributed by atoms with van der Waals surface area (Å²) in [5, 5.41) is 20.6. The third kappa shape index (κ3) is 3.18. The van der Waals surface area contributed by atoms with E-state index >= 15 is 0 Å². The summed E-state index contributed by atoms with van der Waals surface area (Å²) in [7, 11) is -3.94. The summed E-state index contributed by atoms with van der Waals surface area (Å²) in [4.78, 5) is 10.2. The molecule has 8 heteroatoms. The zero-order chi connectivity index (χ0) is 17.3. The lowest BCUT2D eigenvalue weighted by Crippen LogP contribution is -2.14. The minimum atomic E-state index is -3.94. The highest BCUT2D eigenvalue weighted by molar-refractivity contribution is 7.92. The zero-order valence-electron chi connectivity index (χ0n) is 12.7. The molecule has 0 saturated carbocycles. The monoisotopic (exact) mass is 348 g/mol. The van der Waals surface area contributed by atoms with E-state index in [0.717, 1.165) is 55.0 Å². The Kier molecular flexibility index (Phi) is 4.15. The van der Waals surface area contributed by atoms with E-state index in [4.69, 9.17) is 0 Å². The Hall–Kier alpha value is -2.61. The molecule has 24 heavy (non-hydrogen) atoms. The number of aryl methyl sites for hydroxylation is 2. The van der Waals surface area contributed by atoms with Crippen LogP contribution in [0.15, 0.2) is 41.3 Å². The SMILES string of the molecule is O=[N+]([O-])c1ccc(O)c(NS(=O)(=O)c2ccc3c(c2)CCCC3)c1. The number of aromatic hydroxyl groups is 1. The summed E-state index contributed by atoms with van der Waals surface area (Å²) < 4.78 is 27.3. The highest BCUT2D eigenvalue weighted by Gasteiger charge is 2.20. The van der Waals surface area contributed by atoms with Crippen LogP contribution in [0.25, 0.3) is 0 Å². The van der Waals surface area contributed by atoms with Gasteiger partial charge >= 0.3 is 0 Å². The predicted molar refractivity (Wildman–Crippen MR) is 88.7 cm³/mol. The predicted octanol–water partition coefficient (Wildman–Crippen LogP) is 2.98. The van der Waals surface area contributed by atoms with Crippen molar-refractivity contribution < 1.29 is 18.4 Å². The molecule has 0 amide bonds. The van der Waals surface area contributed by atoms with Crippen molar-refractivity contribution in [1.29, 1.82) is 0 Å². The Balaban J connectivity index is 1.94. The van der Waals surface area contributed by atoms with Crippen molar-refractivity contribution in [2.45, 2.75) is 30.6 Å². The molecule has 0 unspecified atom stereocenters. The second kappa shape index (κ2) is 6.12. The van der Waals surface area contributed by atoms with Crippen LogP contribution in [0, 0.1) is 10.1 Å². The molecule has 0 heterocycles. The normalized spacial score (nSPS) is 14.0. The molecule has 0 radical (unpaired) electrons. The number of anilines is 1. The number of hydrogen-bond acceptors (Lipinski definition) is 5. The number of nitro benzene ring substituents is 1. The Bertz CT molecular complexity index is 909. The van der Waals surface area contributed by atoms with Gasteiger partial charge in [-0.15, -0.1) is 0 Å². The summed E-state index contributed by atoms with van der Waals surface area (Å²) in [6, 6.07) is 8.13. The van der Waals surface area contributed by atoms with Crippen LogP contribution in [0.5, 0.6) is 5.75 Å². The molecule has 0 saturated heterocycles. The van der Waals surface area contributed by atoms with Gasteiger partial charge in [0.15, 0.2) is 0 Å². The molecule has 2 aromatic carbocycles. The molecule has 7 nitrogen and oxygen atoms in total. The first kappa shape index (κ1) is 16.3. The van der Waals surface area contributed by atoms with Gasteiger partial charge in [0.1, 0.15) is 5.75 Å². The van der Waals surface area contributed by atoms with Gasteiger partial charge in [-0.2, -0.15) is 0 Å². The summed E-state index contributed by atoms with van der Waals surface area (Å²) in [6.07, 6.45) is 3.89. The molecule has 2 aromatic rings. The van der Waals surface area contributed by atoms with E-state index in [0.29, 0.717) is 0 Å². The number of fused-ring (bicyclic) bond motifs is 1. The van der Waals surface area contributed by atoms with E-state index in [9.17, 15) is 23.6 Å². The van der Waals surface area contributed by atoms with Gasteiger partial charge < -0.3 is 5.11 Å². The molecule has 3 rings (SSSR count). The van der Waals surface area contributed by atoms with Crippen LogP contribution in [0.2, 0.25) is 0 Å². The number of sulfonamides is 1. The van der Waals surface area contributed by atoms with Gasteiger partial charge in [-0.05, 0) is 55.0 Å². The first-order valence-electron chi connectivity index (χ1n) is 7.49. The van der Waals surface area contributed by atoms with Gasteiger partial charge in [-0.25, -0.2) is 8.42 Å². The van der Waals surface area contributed by atoms with Crippen molar-refractivity contribution in [3.05, 3.63) is 57.6 Å².